The molecule has 2 aromatic rings. The monoisotopic (exact) mass is 338 g/mol. The fraction of sp³-hybridized carbons (Fsp3) is 0.200. The summed E-state index contributed by atoms with van der Waals surface area (Å²) in [5, 5.41) is 7.62. The molecule has 0 spiro atoms. The van der Waals surface area contributed by atoms with Crippen LogP contribution >= 0.6 is 22.9 Å². The van der Waals surface area contributed by atoms with Gasteiger partial charge >= 0.3 is 0 Å². The zero-order valence-electron chi connectivity index (χ0n) is 11.9. The maximum absolute atomic E-state index is 11.9. The Hall–Kier alpha value is -2.05. The highest BCUT2D eigenvalue weighted by Crippen LogP contribution is 2.27. The quantitative estimate of drug-likeness (QED) is 0.851. The molecule has 7 heteroatoms. The van der Waals surface area contributed by atoms with Crippen molar-refractivity contribution in [3.8, 4) is 5.75 Å². The maximum atomic E-state index is 11.9. The molecule has 0 atom stereocenters. The van der Waals surface area contributed by atoms with Gasteiger partial charge in [-0.1, -0.05) is 17.7 Å². The van der Waals surface area contributed by atoms with Crippen LogP contribution in [0.2, 0.25) is 5.02 Å². The minimum Gasteiger partial charge on any atom is -0.495 e. The van der Waals surface area contributed by atoms with Crippen LogP contribution in [0.1, 0.15) is 4.88 Å². The molecule has 0 aliphatic heterocycles. The lowest BCUT2D eigenvalue weighted by Gasteiger charge is -2.11. The largest absolute Gasteiger partial charge is 0.495 e. The smallest absolute Gasteiger partial charge is 0.243 e. The van der Waals surface area contributed by atoms with E-state index in [9.17, 15) is 9.59 Å². The average molecular weight is 339 g/mol. The van der Waals surface area contributed by atoms with Crippen molar-refractivity contribution in [1.29, 1.82) is 0 Å². The van der Waals surface area contributed by atoms with Crippen LogP contribution in [-0.2, 0) is 16.0 Å². The third kappa shape index (κ3) is 4.75. The minimum absolute atomic E-state index is 0.111. The Kier molecular flexibility index (Phi) is 5.80. The van der Waals surface area contributed by atoms with Crippen molar-refractivity contribution in [3.63, 3.8) is 0 Å². The van der Waals surface area contributed by atoms with E-state index in [-0.39, 0.29) is 24.8 Å². The molecule has 2 amide bonds. The second kappa shape index (κ2) is 7.82. The summed E-state index contributed by atoms with van der Waals surface area (Å²) in [7, 11) is 1.50. The van der Waals surface area contributed by atoms with Crippen LogP contribution in [0, 0.1) is 0 Å². The lowest BCUT2D eigenvalue weighted by molar-refractivity contribution is -0.123. The molecular weight excluding hydrogens is 324 g/mol. The molecule has 2 rings (SSSR count). The molecule has 0 aliphatic carbocycles. The number of ether oxygens (including phenoxy) is 1. The summed E-state index contributed by atoms with van der Waals surface area (Å²) in [6.45, 7) is -0.111. The zero-order valence-corrected chi connectivity index (χ0v) is 13.5. The van der Waals surface area contributed by atoms with Crippen molar-refractivity contribution in [2.24, 2.45) is 0 Å². The fourth-order valence-electron chi connectivity index (χ4n) is 1.79. The van der Waals surface area contributed by atoms with E-state index < -0.39 is 0 Å². The molecule has 0 fully saturated rings. The summed E-state index contributed by atoms with van der Waals surface area (Å²) < 4.78 is 5.14. The van der Waals surface area contributed by atoms with Crippen molar-refractivity contribution in [2.75, 3.05) is 19.0 Å². The van der Waals surface area contributed by atoms with Crippen molar-refractivity contribution >= 4 is 40.4 Å². The van der Waals surface area contributed by atoms with Gasteiger partial charge in [-0.05, 0) is 29.6 Å². The molecule has 0 saturated carbocycles. The van der Waals surface area contributed by atoms with Crippen LogP contribution in [0.3, 0.4) is 0 Å². The highest BCUT2D eigenvalue weighted by Gasteiger charge is 2.10. The number of nitrogens with one attached hydrogen (secondary N) is 2. The molecule has 0 bridgehead atoms. The predicted octanol–water partition coefficient (Wildman–Crippen LogP) is 2.71. The molecule has 2 N–H and O–H groups in total. The van der Waals surface area contributed by atoms with Crippen LogP contribution in [0.15, 0.2) is 35.7 Å². The molecule has 1 heterocycles. The summed E-state index contributed by atoms with van der Waals surface area (Å²) in [6, 6.07) is 8.67. The number of halogens is 1. The van der Waals surface area contributed by atoms with Gasteiger partial charge in [0.1, 0.15) is 5.75 Å². The molecule has 0 saturated heterocycles. The van der Waals surface area contributed by atoms with Crippen LogP contribution in [0.5, 0.6) is 5.75 Å². The highest BCUT2D eigenvalue weighted by molar-refractivity contribution is 7.10. The lowest BCUT2D eigenvalue weighted by atomic mass is 10.3. The third-order valence-electron chi connectivity index (χ3n) is 2.80. The van der Waals surface area contributed by atoms with E-state index in [0.717, 1.165) is 4.88 Å². The second-order valence-electron chi connectivity index (χ2n) is 4.43. The molecule has 0 unspecified atom stereocenters. The van der Waals surface area contributed by atoms with Crippen molar-refractivity contribution in [2.45, 2.75) is 6.42 Å². The maximum Gasteiger partial charge on any atom is 0.243 e. The van der Waals surface area contributed by atoms with Crippen molar-refractivity contribution in [3.05, 3.63) is 45.6 Å². The summed E-state index contributed by atoms with van der Waals surface area (Å²) in [6.07, 6.45) is 0.269. The Morgan fingerprint density at radius 3 is 2.77 bits per heavy atom. The molecule has 1 aromatic heterocycles. The van der Waals surface area contributed by atoms with Crippen molar-refractivity contribution < 1.29 is 14.3 Å². The van der Waals surface area contributed by atoms with Gasteiger partial charge in [-0.15, -0.1) is 11.3 Å². The first-order valence-corrected chi connectivity index (χ1v) is 7.76. The SMILES string of the molecule is COc1ccc(Cl)cc1NC(=O)CNC(=O)Cc1cccs1. The number of anilines is 1. The number of carbonyl (C=O) groups is 2. The van der Waals surface area contributed by atoms with Crippen molar-refractivity contribution in [1.82, 2.24) is 5.32 Å². The van der Waals surface area contributed by atoms with Gasteiger partial charge in [0.05, 0.1) is 25.8 Å². The average Bonchev–Trinajstić information content (AvgIpc) is 2.98. The fourth-order valence-corrected chi connectivity index (χ4v) is 2.66. The molecule has 116 valence electrons. The number of hydrogen-bond donors (Lipinski definition) is 2. The summed E-state index contributed by atoms with van der Waals surface area (Å²) in [5.74, 6) is -0.0431. The molecule has 5 nitrogen and oxygen atoms in total. The number of benzene rings is 1. The Morgan fingerprint density at radius 2 is 2.09 bits per heavy atom. The van der Waals surface area contributed by atoms with Crippen LogP contribution in [0.25, 0.3) is 0 Å². The molecule has 0 radical (unpaired) electrons. The van der Waals surface area contributed by atoms with Crippen LogP contribution in [-0.4, -0.2) is 25.5 Å². The van der Waals surface area contributed by atoms with Gasteiger partial charge in [-0.25, -0.2) is 0 Å². The van der Waals surface area contributed by atoms with Gasteiger partial charge in [0, 0.05) is 9.90 Å². The number of thiophene rings is 1. The standard InChI is InChI=1S/C15H15ClN2O3S/c1-21-13-5-4-10(16)7-12(13)18-15(20)9-17-14(19)8-11-3-2-6-22-11/h2-7H,8-9H2,1H3,(H,17,19)(H,18,20). The van der Waals surface area contributed by atoms with Gasteiger partial charge in [-0.2, -0.15) is 0 Å². The Morgan fingerprint density at radius 1 is 1.27 bits per heavy atom. The van der Waals surface area contributed by atoms with Gasteiger partial charge in [-0.3, -0.25) is 9.59 Å². The summed E-state index contributed by atoms with van der Waals surface area (Å²) in [5.41, 5.74) is 0.465. The van der Waals surface area contributed by atoms with E-state index in [0.29, 0.717) is 16.5 Å². The number of rotatable bonds is 6. The molecular formula is C15H15ClN2O3S. The van der Waals surface area contributed by atoms with E-state index >= 15 is 0 Å². The number of methoxy groups -OCH3 is 1. The van der Waals surface area contributed by atoms with E-state index in [1.165, 1.54) is 18.4 Å². The molecule has 1 aromatic carbocycles. The first kappa shape index (κ1) is 16.3. The van der Waals surface area contributed by atoms with E-state index in [1.807, 2.05) is 17.5 Å². The summed E-state index contributed by atoms with van der Waals surface area (Å²) in [4.78, 5) is 24.5. The van der Waals surface area contributed by atoms with E-state index in [2.05, 4.69) is 10.6 Å². The van der Waals surface area contributed by atoms with Crippen LogP contribution in [0.4, 0.5) is 5.69 Å². The molecule has 22 heavy (non-hydrogen) atoms. The first-order valence-electron chi connectivity index (χ1n) is 6.51. The normalized spacial score (nSPS) is 10.1. The Labute approximate surface area is 137 Å². The highest BCUT2D eigenvalue weighted by atomic mass is 35.5. The second-order valence-corrected chi connectivity index (χ2v) is 5.89. The number of hydrogen-bond acceptors (Lipinski definition) is 4. The van der Waals surface area contributed by atoms with Gasteiger partial charge in [0.15, 0.2) is 0 Å². The first-order chi connectivity index (χ1) is 10.6. The lowest BCUT2D eigenvalue weighted by Crippen LogP contribution is -2.33. The van der Waals surface area contributed by atoms with Crippen LogP contribution < -0.4 is 15.4 Å². The minimum atomic E-state index is -0.347. The number of amides is 2. The Bertz CT molecular complexity index is 659. The number of carbonyl (C=O) groups excluding carboxylic acids is 2. The summed E-state index contributed by atoms with van der Waals surface area (Å²) >= 11 is 7.39. The van der Waals surface area contributed by atoms with Gasteiger partial charge in [0.2, 0.25) is 11.8 Å². The third-order valence-corrected chi connectivity index (χ3v) is 3.91. The van der Waals surface area contributed by atoms with E-state index in [4.69, 9.17) is 16.3 Å². The van der Waals surface area contributed by atoms with Gasteiger partial charge < -0.3 is 15.4 Å². The molecule has 0 aliphatic rings. The zero-order chi connectivity index (χ0) is 15.9. The van der Waals surface area contributed by atoms with E-state index in [1.54, 1.807) is 18.2 Å². The Balaban J connectivity index is 1.85. The predicted molar refractivity (Wildman–Crippen MR) is 87.7 cm³/mol. The topological polar surface area (TPSA) is 67.4 Å². The van der Waals surface area contributed by atoms with Gasteiger partial charge in [0.25, 0.3) is 0 Å².